The second-order valence-corrected chi connectivity index (χ2v) is 5.20. The van der Waals surface area contributed by atoms with Gasteiger partial charge in [-0.3, -0.25) is 14.9 Å². The number of nitro benzene ring substituents is 1. The number of rotatable bonds is 4. The van der Waals surface area contributed by atoms with Crippen molar-refractivity contribution in [2.75, 3.05) is 7.05 Å². The molecule has 5 nitrogen and oxygen atoms in total. The maximum Gasteiger partial charge on any atom is 0.274 e. The van der Waals surface area contributed by atoms with Gasteiger partial charge in [0.15, 0.2) is 11.6 Å². The normalized spacial score (nSPS) is 10.4. The largest absolute Gasteiger partial charge is 0.337 e. The molecule has 0 atom stereocenters. The summed E-state index contributed by atoms with van der Waals surface area (Å²) in [6.07, 6.45) is 0. The Morgan fingerprint density at radius 1 is 1.26 bits per heavy atom. The quantitative estimate of drug-likeness (QED) is 0.483. The minimum atomic E-state index is -1.20. The molecule has 1 amide bonds. The third-order valence-corrected chi connectivity index (χ3v) is 3.50. The molecular formula is C15H11ClF2N2O3. The van der Waals surface area contributed by atoms with Crippen molar-refractivity contribution in [3.63, 3.8) is 0 Å². The maximum atomic E-state index is 13.3. The molecule has 0 unspecified atom stereocenters. The van der Waals surface area contributed by atoms with Crippen molar-refractivity contribution in [2.24, 2.45) is 0 Å². The van der Waals surface area contributed by atoms with Crippen LogP contribution in [0.5, 0.6) is 0 Å². The second kappa shape index (κ2) is 6.70. The first-order valence-corrected chi connectivity index (χ1v) is 6.81. The molecule has 0 N–H and O–H groups in total. The van der Waals surface area contributed by atoms with Crippen molar-refractivity contribution in [2.45, 2.75) is 6.54 Å². The van der Waals surface area contributed by atoms with Crippen LogP contribution in [0.3, 0.4) is 0 Å². The van der Waals surface area contributed by atoms with E-state index in [4.69, 9.17) is 11.6 Å². The van der Waals surface area contributed by atoms with Gasteiger partial charge in [-0.05, 0) is 12.1 Å². The van der Waals surface area contributed by atoms with E-state index in [1.165, 1.54) is 25.2 Å². The number of benzene rings is 2. The zero-order chi connectivity index (χ0) is 17.1. The summed E-state index contributed by atoms with van der Waals surface area (Å²) in [5.74, 6) is -3.03. The molecule has 0 fully saturated rings. The molecule has 0 saturated heterocycles. The van der Waals surface area contributed by atoms with Crippen LogP contribution in [0.25, 0.3) is 0 Å². The van der Waals surface area contributed by atoms with Gasteiger partial charge in [0.1, 0.15) is 0 Å². The fraction of sp³-hybridized carbons (Fsp3) is 0.133. The van der Waals surface area contributed by atoms with Crippen molar-refractivity contribution in [1.82, 2.24) is 4.90 Å². The highest BCUT2D eigenvalue weighted by Gasteiger charge is 2.21. The van der Waals surface area contributed by atoms with Crippen LogP contribution in [0, 0.1) is 21.7 Å². The first-order valence-electron chi connectivity index (χ1n) is 6.43. The van der Waals surface area contributed by atoms with Crippen molar-refractivity contribution < 1.29 is 18.5 Å². The third kappa shape index (κ3) is 3.62. The Labute approximate surface area is 135 Å². The molecule has 23 heavy (non-hydrogen) atoms. The van der Waals surface area contributed by atoms with Crippen LogP contribution < -0.4 is 0 Å². The number of nitro groups is 1. The predicted molar refractivity (Wildman–Crippen MR) is 80.3 cm³/mol. The van der Waals surface area contributed by atoms with Gasteiger partial charge in [0.2, 0.25) is 0 Å². The van der Waals surface area contributed by atoms with Gasteiger partial charge in [0, 0.05) is 18.7 Å². The van der Waals surface area contributed by atoms with Crippen LogP contribution in [-0.4, -0.2) is 22.8 Å². The van der Waals surface area contributed by atoms with Crippen molar-refractivity contribution >= 4 is 23.2 Å². The van der Waals surface area contributed by atoms with Gasteiger partial charge in [-0.1, -0.05) is 29.8 Å². The van der Waals surface area contributed by atoms with Crippen molar-refractivity contribution in [3.05, 3.63) is 74.3 Å². The number of hydrogen-bond donors (Lipinski definition) is 0. The summed E-state index contributed by atoms with van der Waals surface area (Å²) in [5.41, 5.74) is -0.0396. The lowest BCUT2D eigenvalue weighted by molar-refractivity contribution is -0.385. The molecule has 0 spiro atoms. The molecule has 2 aromatic carbocycles. The predicted octanol–water partition coefficient (Wildman–Crippen LogP) is 3.80. The fourth-order valence-electron chi connectivity index (χ4n) is 2.04. The number of hydrogen-bond acceptors (Lipinski definition) is 3. The Hall–Kier alpha value is -2.54. The van der Waals surface area contributed by atoms with Gasteiger partial charge in [-0.2, -0.15) is 0 Å². The topological polar surface area (TPSA) is 63.4 Å². The number of halogens is 3. The molecule has 0 radical (unpaired) electrons. The van der Waals surface area contributed by atoms with Crippen LogP contribution in [0.4, 0.5) is 14.5 Å². The first-order chi connectivity index (χ1) is 10.8. The molecular weight excluding hydrogens is 330 g/mol. The second-order valence-electron chi connectivity index (χ2n) is 4.79. The molecule has 120 valence electrons. The number of nitrogens with zero attached hydrogens (tertiary/aromatic N) is 2. The minimum absolute atomic E-state index is 0.0781. The molecule has 2 aromatic rings. The summed E-state index contributed by atoms with van der Waals surface area (Å²) >= 11 is 5.76. The van der Waals surface area contributed by atoms with Crippen LogP contribution in [0.2, 0.25) is 5.02 Å². The molecule has 0 heterocycles. The van der Waals surface area contributed by atoms with Gasteiger partial charge in [-0.25, -0.2) is 8.78 Å². The highest BCUT2D eigenvalue weighted by atomic mass is 35.5. The summed E-state index contributed by atoms with van der Waals surface area (Å²) < 4.78 is 26.3. The highest BCUT2D eigenvalue weighted by Crippen LogP contribution is 2.23. The van der Waals surface area contributed by atoms with Gasteiger partial charge >= 0.3 is 0 Å². The highest BCUT2D eigenvalue weighted by molar-refractivity contribution is 6.33. The maximum absolute atomic E-state index is 13.3. The molecule has 0 aromatic heterocycles. The number of para-hydroxylation sites is 1. The first kappa shape index (κ1) is 16.8. The minimum Gasteiger partial charge on any atom is -0.337 e. The molecule has 0 saturated carbocycles. The van der Waals surface area contributed by atoms with E-state index in [0.29, 0.717) is 17.7 Å². The number of carbonyl (C=O) groups is 1. The Morgan fingerprint density at radius 3 is 2.52 bits per heavy atom. The zero-order valence-electron chi connectivity index (χ0n) is 11.9. The lowest BCUT2D eigenvalue weighted by Crippen LogP contribution is -2.27. The molecule has 0 aliphatic heterocycles. The average Bonchev–Trinajstić information content (AvgIpc) is 2.50. The summed E-state index contributed by atoms with van der Waals surface area (Å²) in [5, 5.41) is 10.7. The molecule has 0 aliphatic rings. The summed E-state index contributed by atoms with van der Waals surface area (Å²) in [6, 6.07) is 7.35. The van der Waals surface area contributed by atoms with E-state index >= 15 is 0 Å². The molecule has 0 bridgehead atoms. The van der Waals surface area contributed by atoms with E-state index in [0.717, 1.165) is 4.90 Å². The summed E-state index contributed by atoms with van der Waals surface area (Å²) in [7, 11) is 1.39. The lowest BCUT2D eigenvalue weighted by Gasteiger charge is -2.18. The van der Waals surface area contributed by atoms with Crippen LogP contribution in [0.1, 0.15) is 15.9 Å². The monoisotopic (exact) mass is 340 g/mol. The summed E-state index contributed by atoms with van der Waals surface area (Å²) in [6.45, 7) is -0.0781. The van der Waals surface area contributed by atoms with Crippen LogP contribution in [-0.2, 0) is 6.54 Å². The van der Waals surface area contributed by atoms with Crippen LogP contribution in [0.15, 0.2) is 36.4 Å². The Kier molecular flexibility index (Phi) is 4.90. The van der Waals surface area contributed by atoms with E-state index in [-0.39, 0.29) is 22.8 Å². The van der Waals surface area contributed by atoms with Crippen LogP contribution >= 0.6 is 11.6 Å². The van der Waals surface area contributed by atoms with Gasteiger partial charge in [-0.15, -0.1) is 0 Å². The molecule has 0 aliphatic carbocycles. The standard InChI is InChI=1S/C15H11ClF2N2O3/c1-19(8-9-4-2-3-5-14(9)20(22)23)15(21)10-6-12(17)13(18)7-11(10)16/h2-7H,8H2,1H3. The molecule has 2 rings (SSSR count). The SMILES string of the molecule is CN(Cc1ccccc1[N+](=O)[O-])C(=O)c1cc(F)c(F)cc1Cl. The van der Waals surface area contributed by atoms with Gasteiger partial charge in [0.25, 0.3) is 11.6 Å². The van der Waals surface area contributed by atoms with E-state index in [9.17, 15) is 23.7 Å². The lowest BCUT2D eigenvalue weighted by atomic mass is 10.1. The van der Waals surface area contributed by atoms with E-state index in [1.807, 2.05) is 0 Å². The fourth-order valence-corrected chi connectivity index (χ4v) is 2.27. The van der Waals surface area contributed by atoms with Crippen molar-refractivity contribution in [1.29, 1.82) is 0 Å². The molecule has 8 heteroatoms. The zero-order valence-corrected chi connectivity index (χ0v) is 12.7. The number of amides is 1. The van der Waals surface area contributed by atoms with Crippen molar-refractivity contribution in [3.8, 4) is 0 Å². The van der Waals surface area contributed by atoms with E-state index < -0.39 is 22.5 Å². The number of carbonyl (C=O) groups excluding carboxylic acids is 1. The van der Waals surface area contributed by atoms with Gasteiger partial charge < -0.3 is 4.90 Å². The average molecular weight is 341 g/mol. The Bertz CT molecular complexity index is 783. The Morgan fingerprint density at radius 2 is 1.87 bits per heavy atom. The third-order valence-electron chi connectivity index (χ3n) is 3.18. The van der Waals surface area contributed by atoms with E-state index in [2.05, 4.69) is 0 Å². The van der Waals surface area contributed by atoms with E-state index in [1.54, 1.807) is 6.07 Å². The Balaban J connectivity index is 2.28. The smallest absolute Gasteiger partial charge is 0.274 e. The summed E-state index contributed by atoms with van der Waals surface area (Å²) in [4.78, 5) is 23.8. The van der Waals surface area contributed by atoms with Gasteiger partial charge in [0.05, 0.1) is 22.1 Å².